The van der Waals surface area contributed by atoms with Gasteiger partial charge >= 0.3 is 0 Å². The van der Waals surface area contributed by atoms with E-state index in [2.05, 4.69) is 5.32 Å². The van der Waals surface area contributed by atoms with E-state index in [0.717, 1.165) is 0 Å². The fourth-order valence-electron chi connectivity index (χ4n) is 1.35. The minimum atomic E-state index is -4.47. The van der Waals surface area contributed by atoms with Gasteiger partial charge in [-0.05, 0) is 0 Å². The summed E-state index contributed by atoms with van der Waals surface area (Å²) in [5, 5.41) is 12.9. The van der Waals surface area contributed by atoms with Gasteiger partial charge in [-0.1, -0.05) is 0 Å². The summed E-state index contributed by atoms with van der Waals surface area (Å²) in [5.74, 6) is -2.44. The molecule has 0 saturated heterocycles. The number of non-ortho nitro benzene ring substituents is 1. The van der Waals surface area contributed by atoms with Crippen LogP contribution in [0.1, 0.15) is 6.42 Å². The summed E-state index contributed by atoms with van der Waals surface area (Å²) in [6, 6.07) is 1.08. The monoisotopic (exact) mass is 340 g/mol. The number of hydrogen-bond acceptors (Lipinski definition) is 6. The molecule has 1 rings (SSSR count). The van der Waals surface area contributed by atoms with Gasteiger partial charge in [-0.25, -0.2) is 12.8 Å². The molecule has 0 bridgehead atoms. The molecular weight excluding hydrogens is 331 g/mol. The average Bonchev–Trinajstić information content (AvgIpc) is 2.38. The van der Waals surface area contributed by atoms with Crippen molar-refractivity contribution in [1.29, 1.82) is 0 Å². The van der Waals surface area contributed by atoms with Crippen LogP contribution in [0.2, 0.25) is 0 Å². The Morgan fingerprint density at radius 3 is 2.62 bits per heavy atom. The van der Waals surface area contributed by atoms with Gasteiger partial charge in [0, 0.05) is 23.8 Å². The third-order valence-electron chi connectivity index (χ3n) is 2.32. The number of halogens is 2. The smallest absolute Gasteiger partial charge is 0.273 e. The lowest BCUT2D eigenvalue weighted by molar-refractivity contribution is -0.385. The Kier molecular flexibility index (Phi) is 5.44. The van der Waals surface area contributed by atoms with E-state index in [1.807, 2.05) is 0 Å². The number of ether oxygens (including phenoxy) is 1. The van der Waals surface area contributed by atoms with Crippen LogP contribution in [0.15, 0.2) is 17.0 Å². The molecular formula is C10H10ClFN2O6S. The molecule has 0 atom stereocenters. The summed E-state index contributed by atoms with van der Waals surface area (Å²) in [7, 11) is 2.02. The van der Waals surface area contributed by atoms with Crippen LogP contribution in [0.3, 0.4) is 0 Å². The van der Waals surface area contributed by atoms with Gasteiger partial charge in [0.25, 0.3) is 14.7 Å². The Hall–Kier alpha value is -1.94. The van der Waals surface area contributed by atoms with Crippen molar-refractivity contribution in [2.75, 3.05) is 13.7 Å². The SMILES string of the molecule is CNC(=O)CCOc1c(F)cc([N+](=O)[O-])cc1S(=O)(=O)Cl. The van der Waals surface area contributed by atoms with Crippen molar-refractivity contribution in [3.05, 3.63) is 28.1 Å². The van der Waals surface area contributed by atoms with E-state index in [1.54, 1.807) is 0 Å². The van der Waals surface area contributed by atoms with Crippen LogP contribution in [0.5, 0.6) is 5.75 Å². The average molecular weight is 341 g/mol. The molecule has 21 heavy (non-hydrogen) atoms. The first-order chi connectivity index (χ1) is 9.66. The molecule has 0 fully saturated rings. The molecule has 8 nitrogen and oxygen atoms in total. The minimum Gasteiger partial charge on any atom is -0.489 e. The molecule has 11 heteroatoms. The van der Waals surface area contributed by atoms with E-state index in [1.165, 1.54) is 7.05 Å². The first-order valence-corrected chi connectivity index (χ1v) is 7.73. The van der Waals surface area contributed by atoms with E-state index >= 15 is 0 Å². The first kappa shape index (κ1) is 17.1. The van der Waals surface area contributed by atoms with Crippen molar-refractivity contribution >= 4 is 31.3 Å². The maximum Gasteiger partial charge on any atom is 0.273 e. The molecule has 0 unspecified atom stereocenters. The number of benzene rings is 1. The number of carbonyl (C=O) groups is 1. The van der Waals surface area contributed by atoms with Gasteiger partial charge < -0.3 is 10.1 Å². The van der Waals surface area contributed by atoms with Crippen molar-refractivity contribution in [3.8, 4) is 5.75 Å². The van der Waals surface area contributed by atoms with Crippen LogP contribution in [-0.2, 0) is 13.8 Å². The van der Waals surface area contributed by atoms with Crippen LogP contribution in [0.25, 0.3) is 0 Å². The summed E-state index contributed by atoms with van der Waals surface area (Å²) in [6.07, 6.45) is -0.158. The lowest BCUT2D eigenvalue weighted by atomic mass is 10.3. The lowest BCUT2D eigenvalue weighted by Gasteiger charge is -2.10. The van der Waals surface area contributed by atoms with Gasteiger partial charge in [-0.2, -0.15) is 0 Å². The number of nitro benzene ring substituents is 1. The Morgan fingerprint density at radius 2 is 2.14 bits per heavy atom. The second kappa shape index (κ2) is 6.68. The predicted octanol–water partition coefficient (Wildman–Crippen LogP) is 1.18. The van der Waals surface area contributed by atoms with Crippen LogP contribution in [0, 0.1) is 15.9 Å². The number of hydrogen-bond donors (Lipinski definition) is 1. The summed E-state index contributed by atoms with van der Waals surface area (Å²) in [4.78, 5) is 19.7. The van der Waals surface area contributed by atoms with E-state index in [0.29, 0.717) is 12.1 Å². The topological polar surface area (TPSA) is 116 Å². The Morgan fingerprint density at radius 1 is 1.52 bits per heavy atom. The van der Waals surface area contributed by atoms with E-state index in [4.69, 9.17) is 15.4 Å². The molecule has 0 aromatic heterocycles. The minimum absolute atomic E-state index is 0.158. The molecule has 116 valence electrons. The fourth-order valence-corrected chi connectivity index (χ4v) is 2.34. The highest BCUT2D eigenvalue weighted by atomic mass is 35.7. The zero-order valence-corrected chi connectivity index (χ0v) is 12.2. The van der Waals surface area contributed by atoms with Crippen LogP contribution in [0.4, 0.5) is 10.1 Å². The largest absolute Gasteiger partial charge is 0.489 e. The summed E-state index contributed by atoms with van der Waals surface area (Å²) in [5.41, 5.74) is -0.787. The molecule has 0 aliphatic carbocycles. The van der Waals surface area contributed by atoms with Gasteiger partial charge in [-0.15, -0.1) is 0 Å². The molecule has 1 N–H and O–H groups in total. The quantitative estimate of drug-likeness (QED) is 0.472. The highest BCUT2D eigenvalue weighted by Crippen LogP contribution is 2.33. The first-order valence-electron chi connectivity index (χ1n) is 5.42. The summed E-state index contributed by atoms with van der Waals surface area (Å²) in [6.45, 7) is -0.326. The number of rotatable bonds is 6. The predicted molar refractivity (Wildman–Crippen MR) is 70.3 cm³/mol. The molecule has 1 aromatic carbocycles. The van der Waals surface area contributed by atoms with Gasteiger partial charge in [0.1, 0.15) is 4.90 Å². The lowest BCUT2D eigenvalue weighted by Crippen LogP contribution is -2.20. The third-order valence-corrected chi connectivity index (χ3v) is 3.65. The highest BCUT2D eigenvalue weighted by molar-refractivity contribution is 8.13. The molecule has 1 amide bonds. The van der Waals surface area contributed by atoms with Gasteiger partial charge in [-0.3, -0.25) is 14.9 Å². The molecule has 0 saturated carbocycles. The maximum absolute atomic E-state index is 13.8. The number of nitro groups is 1. The zero-order valence-electron chi connectivity index (χ0n) is 10.6. The normalized spacial score (nSPS) is 11.0. The van der Waals surface area contributed by atoms with Crippen molar-refractivity contribution in [1.82, 2.24) is 5.32 Å². The van der Waals surface area contributed by atoms with Gasteiger partial charge in [0.2, 0.25) is 5.91 Å². The van der Waals surface area contributed by atoms with E-state index in [9.17, 15) is 27.7 Å². The number of nitrogens with zero attached hydrogens (tertiary/aromatic N) is 1. The van der Waals surface area contributed by atoms with E-state index < -0.39 is 42.0 Å². The molecule has 0 aliphatic heterocycles. The van der Waals surface area contributed by atoms with Gasteiger partial charge in [0.05, 0.1) is 24.0 Å². The number of amides is 1. The Labute approximate surface area is 123 Å². The second-order valence-electron chi connectivity index (χ2n) is 3.72. The standard InChI is InChI=1S/C10H10ClFN2O6S/c1-13-9(15)2-3-20-10-7(12)4-6(14(16)17)5-8(10)21(11,18)19/h4-5H,2-3H2,1H3,(H,13,15). The summed E-state index contributed by atoms with van der Waals surface area (Å²) < 4.78 is 41.3. The van der Waals surface area contributed by atoms with Gasteiger partial charge in [0.15, 0.2) is 11.6 Å². The van der Waals surface area contributed by atoms with Crippen LogP contribution >= 0.6 is 10.7 Å². The molecule has 0 aliphatic rings. The van der Waals surface area contributed by atoms with Crippen molar-refractivity contribution < 1.29 is 27.3 Å². The van der Waals surface area contributed by atoms with Crippen molar-refractivity contribution in [3.63, 3.8) is 0 Å². The van der Waals surface area contributed by atoms with Crippen molar-refractivity contribution in [2.24, 2.45) is 0 Å². The molecule has 0 spiro atoms. The molecule has 0 radical (unpaired) electrons. The third kappa shape index (κ3) is 4.53. The fraction of sp³-hybridized carbons (Fsp3) is 0.300. The zero-order chi connectivity index (χ0) is 16.2. The molecule has 0 heterocycles. The Bertz CT molecular complexity index is 678. The number of nitrogens with one attached hydrogen (secondary N) is 1. The van der Waals surface area contributed by atoms with Crippen molar-refractivity contribution in [2.45, 2.75) is 11.3 Å². The maximum atomic E-state index is 13.8. The van der Waals surface area contributed by atoms with E-state index in [-0.39, 0.29) is 13.0 Å². The molecule has 1 aromatic rings. The Balaban J connectivity index is 3.18. The summed E-state index contributed by atoms with van der Waals surface area (Å²) >= 11 is 0. The number of carbonyl (C=O) groups excluding carboxylic acids is 1. The van der Waals surface area contributed by atoms with Crippen LogP contribution in [-0.4, -0.2) is 32.9 Å². The highest BCUT2D eigenvalue weighted by Gasteiger charge is 2.26. The second-order valence-corrected chi connectivity index (χ2v) is 6.26. The van der Waals surface area contributed by atoms with Crippen LogP contribution < -0.4 is 10.1 Å².